The van der Waals surface area contributed by atoms with Crippen LogP contribution in [0.15, 0.2) is 30.3 Å². The van der Waals surface area contributed by atoms with Crippen LogP contribution in [0.2, 0.25) is 0 Å². The second-order valence-electron chi connectivity index (χ2n) is 3.76. The molecular weight excluding hydrogens is 284 g/mol. The van der Waals surface area contributed by atoms with Gasteiger partial charge in [-0.05, 0) is 23.9 Å². The molecule has 0 unspecified atom stereocenters. The molecule has 0 radical (unpaired) electrons. The number of nitrogens with zero attached hydrogens (tertiary/aromatic N) is 2. The first-order valence-corrected chi connectivity index (χ1v) is 6.82. The maximum absolute atomic E-state index is 8.63. The highest BCUT2D eigenvalue weighted by atomic mass is 32.2. The standard InChI is InChI=1S/C6H12N2S3.C6H6O/c1-7(2)5(9)11-6(10)8(3)4;7-6-4-2-1-3-5-6/h1-4H3;1-5,7H. The second kappa shape index (κ2) is 9.13. The van der Waals surface area contributed by atoms with Crippen molar-refractivity contribution in [2.45, 2.75) is 0 Å². The van der Waals surface area contributed by atoms with Crippen molar-refractivity contribution in [3.63, 3.8) is 0 Å². The van der Waals surface area contributed by atoms with Crippen LogP contribution >= 0.6 is 36.2 Å². The smallest absolute Gasteiger partial charge is 0.142 e. The summed E-state index contributed by atoms with van der Waals surface area (Å²) in [7, 11) is 7.64. The van der Waals surface area contributed by atoms with E-state index < -0.39 is 0 Å². The number of benzene rings is 1. The molecule has 0 aromatic heterocycles. The lowest BCUT2D eigenvalue weighted by Crippen LogP contribution is -2.23. The summed E-state index contributed by atoms with van der Waals surface area (Å²) in [5.74, 6) is 0.322. The fraction of sp³-hybridized carbons (Fsp3) is 0.333. The van der Waals surface area contributed by atoms with Crippen LogP contribution in [-0.2, 0) is 0 Å². The molecular formula is C12H18N2OS3. The lowest BCUT2D eigenvalue weighted by atomic mass is 10.3. The highest BCUT2D eigenvalue weighted by Gasteiger charge is 2.05. The van der Waals surface area contributed by atoms with E-state index in [9.17, 15) is 0 Å². The summed E-state index contributed by atoms with van der Waals surface area (Å²) in [6.45, 7) is 0. The number of thioether (sulfide) groups is 1. The highest BCUT2D eigenvalue weighted by Crippen LogP contribution is 2.10. The minimum absolute atomic E-state index is 0.322. The van der Waals surface area contributed by atoms with Gasteiger partial charge in [0.2, 0.25) is 0 Å². The SMILES string of the molecule is CN(C)C(=S)SC(=S)N(C)C.Oc1ccccc1. The Kier molecular flexibility index (Phi) is 8.70. The Bertz CT molecular complexity index is 362. The minimum atomic E-state index is 0.322. The number of para-hydroxylation sites is 1. The van der Waals surface area contributed by atoms with Gasteiger partial charge in [-0.1, -0.05) is 42.6 Å². The number of hydrogen-bond acceptors (Lipinski definition) is 4. The first kappa shape index (κ1) is 17.2. The molecule has 100 valence electrons. The van der Waals surface area contributed by atoms with Gasteiger partial charge in [-0.3, -0.25) is 0 Å². The van der Waals surface area contributed by atoms with Gasteiger partial charge >= 0.3 is 0 Å². The molecule has 1 aromatic carbocycles. The molecule has 0 amide bonds. The van der Waals surface area contributed by atoms with E-state index in [0.717, 1.165) is 8.64 Å². The van der Waals surface area contributed by atoms with Crippen molar-refractivity contribution in [2.24, 2.45) is 0 Å². The number of aromatic hydroxyl groups is 1. The molecule has 0 spiro atoms. The van der Waals surface area contributed by atoms with Crippen LogP contribution in [0.5, 0.6) is 5.75 Å². The molecule has 1 N–H and O–H groups in total. The minimum Gasteiger partial charge on any atom is -0.508 e. The predicted molar refractivity (Wildman–Crippen MR) is 88.3 cm³/mol. The van der Waals surface area contributed by atoms with Gasteiger partial charge in [-0.15, -0.1) is 0 Å². The zero-order valence-electron chi connectivity index (χ0n) is 11.0. The maximum atomic E-state index is 8.63. The Hall–Kier alpha value is -0.850. The zero-order valence-corrected chi connectivity index (χ0v) is 13.4. The van der Waals surface area contributed by atoms with Gasteiger partial charge in [0.25, 0.3) is 0 Å². The Labute approximate surface area is 124 Å². The van der Waals surface area contributed by atoms with E-state index in [1.165, 1.54) is 11.8 Å². The van der Waals surface area contributed by atoms with Crippen LogP contribution in [-0.4, -0.2) is 51.7 Å². The molecule has 0 saturated heterocycles. The van der Waals surface area contributed by atoms with Crippen LogP contribution < -0.4 is 0 Å². The molecule has 18 heavy (non-hydrogen) atoms. The molecule has 0 saturated carbocycles. The van der Waals surface area contributed by atoms with E-state index in [2.05, 4.69) is 0 Å². The first-order chi connectivity index (χ1) is 8.34. The molecule has 1 rings (SSSR count). The van der Waals surface area contributed by atoms with E-state index in [4.69, 9.17) is 29.5 Å². The van der Waals surface area contributed by atoms with Crippen molar-refractivity contribution in [1.29, 1.82) is 0 Å². The fourth-order valence-corrected chi connectivity index (χ4v) is 1.83. The molecule has 6 heteroatoms. The molecule has 0 aliphatic carbocycles. The topological polar surface area (TPSA) is 26.7 Å². The van der Waals surface area contributed by atoms with Crippen molar-refractivity contribution >= 4 is 44.8 Å². The quantitative estimate of drug-likeness (QED) is 0.741. The molecule has 0 bridgehead atoms. The van der Waals surface area contributed by atoms with Crippen LogP contribution in [0, 0.1) is 0 Å². The Morgan fingerprint density at radius 3 is 1.56 bits per heavy atom. The van der Waals surface area contributed by atoms with Crippen LogP contribution in [0.3, 0.4) is 0 Å². The van der Waals surface area contributed by atoms with E-state index in [-0.39, 0.29) is 0 Å². The molecule has 0 aliphatic rings. The first-order valence-electron chi connectivity index (χ1n) is 5.19. The van der Waals surface area contributed by atoms with E-state index in [1.54, 1.807) is 24.3 Å². The molecule has 0 atom stereocenters. The molecule has 0 aliphatic heterocycles. The van der Waals surface area contributed by atoms with Gasteiger partial charge in [-0.25, -0.2) is 0 Å². The van der Waals surface area contributed by atoms with Crippen molar-refractivity contribution in [3.8, 4) is 5.75 Å². The third-order valence-electron chi connectivity index (χ3n) is 1.66. The van der Waals surface area contributed by atoms with E-state index in [1.807, 2.05) is 44.1 Å². The number of phenols is 1. The Morgan fingerprint density at radius 1 is 0.944 bits per heavy atom. The lowest BCUT2D eigenvalue weighted by Gasteiger charge is -2.16. The molecule has 0 fully saturated rings. The van der Waals surface area contributed by atoms with Gasteiger partial charge in [-0.2, -0.15) is 0 Å². The van der Waals surface area contributed by atoms with Crippen molar-refractivity contribution in [1.82, 2.24) is 9.80 Å². The van der Waals surface area contributed by atoms with Gasteiger partial charge < -0.3 is 14.9 Å². The van der Waals surface area contributed by atoms with Gasteiger partial charge in [0.15, 0.2) is 0 Å². The highest BCUT2D eigenvalue weighted by molar-refractivity contribution is 8.37. The van der Waals surface area contributed by atoms with Crippen molar-refractivity contribution in [3.05, 3.63) is 30.3 Å². The largest absolute Gasteiger partial charge is 0.508 e. The number of thiocarbonyl (C=S) groups is 2. The zero-order chi connectivity index (χ0) is 14.1. The van der Waals surface area contributed by atoms with Crippen LogP contribution in [0.25, 0.3) is 0 Å². The summed E-state index contributed by atoms with van der Waals surface area (Å²) in [5, 5.41) is 8.63. The lowest BCUT2D eigenvalue weighted by molar-refractivity contribution is 0.475. The Balaban J connectivity index is 0.000000351. The maximum Gasteiger partial charge on any atom is 0.142 e. The van der Waals surface area contributed by atoms with Crippen LogP contribution in [0.4, 0.5) is 0 Å². The summed E-state index contributed by atoms with van der Waals surface area (Å²) >= 11 is 11.5. The van der Waals surface area contributed by atoms with Crippen molar-refractivity contribution < 1.29 is 5.11 Å². The Morgan fingerprint density at radius 2 is 1.33 bits per heavy atom. The summed E-state index contributed by atoms with van der Waals surface area (Å²) in [6, 6.07) is 8.71. The van der Waals surface area contributed by atoms with Gasteiger partial charge in [0, 0.05) is 28.2 Å². The average Bonchev–Trinajstić information content (AvgIpc) is 2.30. The molecule has 3 nitrogen and oxygen atoms in total. The van der Waals surface area contributed by atoms with Crippen LogP contribution in [0.1, 0.15) is 0 Å². The molecule has 1 aromatic rings. The number of phenolic OH excluding ortho intramolecular Hbond substituents is 1. The second-order valence-corrected chi connectivity index (χ2v) is 6.03. The normalized spacial score (nSPS) is 8.89. The summed E-state index contributed by atoms with van der Waals surface area (Å²) in [6.07, 6.45) is 0. The number of rotatable bonds is 0. The van der Waals surface area contributed by atoms with E-state index in [0.29, 0.717) is 5.75 Å². The van der Waals surface area contributed by atoms with Gasteiger partial charge in [0.1, 0.15) is 14.4 Å². The number of hydrogen-bond donors (Lipinski definition) is 1. The van der Waals surface area contributed by atoms with E-state index >= 15 is 0 Å². The monoisotopic (exact) mass is 302 g/mol. The third-order valence-corrected chi connectivity index (χ3v) is 3.97. The molecule has 0 heterocycles. The summed E-state index contributed by atoms with van der Waals surface area (Å²) in [5.41, 5.74) is 0. The fourth-order valence-electron chi connectivity index (χ4n) is 0.685. The third kappa shape index (κ3) is 8.27. The average molecular weight is 302 g/mol. The van der Waals surface area contributed by atoms with Gasteiger partial charge in [0.05, 0.1) is 0 Å². The van der Waals surface area contributed by atoms with Crippen molar-refractivity contribution in [2.75, 3.05) is 28.2 Å². The predicted octanol–water partition coefficient (Wildman–Crippen LogP) is 2.80. The summed E-state index contributed by atoms with van der Waals surface area (Å²) in [4.78, 5) is 3.74. The summed E-state index contributed by atoms with van der Waals surface area (Å²) < 4.78 is 1.59.